The van der Waals surface area contributed by atoms with Crippen LogP contribution in [0.5, 0.6) is 5.75 Å². The minimum atomic E-state index is 0.0104. The fourth-order valence-electron chi connectivity index (χ4n) is 3.20. The molecule has 1 aliphatic carbocycles. The molecule has 2 N–H and O–H groups in total. The molecule has 124 valence electrons. The standard InChI is InChI=1S/C18H25N3O2/c22-10-11-23-15-8-9-17-16(12-15)18(20-13-19-17)21-14-6-4-2-1-3-5-7-14/h8-9,12-14,22H,1-7,10-11H2,(H,19,20,21). The van der Waals surface area contributed by atoms with E-state index in [-0.39, 0.29) is 6.61 Å². The predicted molar refractivity (Wildman–Crippen MR) is 91.8 cm³/mol. The van der Waals surface area contributed by atoms with Gasteiger partial charge in [0.2, 0.25) is 0 Å². The summed E-state index contributed by atoms with van der Waals surface area (Å²) in [6.45, 7) is 0.307. The Morgan fingerprint density at radius 3 is 2.65 bits per heavy atom. The lowest BCUT2D eigenvalue weighted by Crippen LogP contribution is -2.21. The second-order valence-electron chi connectivity index (χ2n) is 6.16. The molecule has 1 heterocycles. The van der Waals surface area contributed by atoms with Crippen molar-refractivity contribution in [1.29, 1.82) is 0 Å². The smallest absolute Gasteiger partial charge is 0.137 e. The molecule has 0 aliphatic heterocycles. The number of aromatic nitrogens is 2. The second-order valence-corrected chi connectivity index (χ2v) is 6.16. The number of hydrogen-bond acceptors (Lipinski definition) is 5. The van der Waals surface area contributed by atoms with Crippen molar-refractivity contribution in [2.45, 2.75) is 51.0 Å². The molecule has 23 heavy (non-hydrogen) atoms. The Kier molecular flexibility index (Phi) is 5.64. The zero-order chi connectivity index (χ0) is 15.9. The van der Waals surface area contributed by atoms with Gasteiger partial charge in [-0.15, -0.1) is 0 Å². The number of nitrogens with one attached hydrogen (secondary N) is 1. The fraction of sp³-hybridized carbons (Fsp3) is 0.556. The van der Waals surface area contributed by atoms with Gasteiger partial charge in [0, 0.05) is 11.4 Å². The number of anilines is 1. The van der Waals surface area contributed by atoms with Gasteiger partial charge in [-0.25, -0.2) is 9.97 Å². The molecule has 3 rings (SSSR count). The van der Waals surface area contributed by atoms with Crippen molar-refractivity contribution in [3.8, 4) is 5.75 Å². The lowest BCUT2D eigenvalue weighted by Gasteiger charge is -2.22. The Morgan fingerprint density at radius 2 is 1.87 bits per heavy atom. The lowest BCUT2D eigenvalue weighted by molar-refractivity contribution is 0.201. The molecule has 0 spiro atoms. The average molecular weight is 315 g/mol. The first-order valence-corrected chi connectivity index (χ1v) is 8.62. The van der Waals surface area contributed by atoms with E-state index < -0.39 is 0 Å². The van der Waals surface area contributed by atoms with Crippen molar-refractivity contribution in [3.05, 3.63) is 24.5 Å². The number of ether oxygens (including phenoxy) is 1. The molecule has 5 nitrogen and oxygen atoms in total. The van der Waals surface area contributed by atoms with E-state index in [9.17, 15) is 0 Å². The third kappa shape index (κ3) is 4.32. The summed E-state index contributed by atoms with van der Waals surface area (Å²) in [6, 6.07) is 6.25. The van der Waals surface area contributed by atoms with Crippen LogP contribution < -0.4 is 10.1 Å². The first-order chi connectivity index (χ1) is 11.4. The van der Waals surface area contributed by atoms with Crippen LogP contribution in [0.4, 0.5) is 5.82 Å². The highest BCUT2D eigenvalue weighted by molar-refractivity contribution is 5.90. The van der Waals surface area contributed by atoms with Crippen LogP contribution in [0.25, 0.3) is 10.9 Å². The van der Waals surface area contributed by atoms with Crippen LogP contribution in [0.15, 0.2) is 24.5 Å². The predicted octanol–water partition coefficient (Wildman–Crippen LogP) is 3.53. The van der Waals surface area contributed by atoms with E-state index in [0.717, 1.165) is 22.5 Å². The minimum Gasteiger partial charge on any atom is -0.491 e. The molecule has 5 heteroatoms. The van der Waals surface area contributed by atoms with Gasteiger partial charge in [0.25, 0.3) is 0 Å². The lowest BCUT2D eigenvalue weighted by atomic mass is 9.96. The number of hydrogen-bond donors (Lipinski definition) is 2. The van der Waals surface area contributed by atoms with Gasteiger partial charge in [-0.3, -0.25) is 0 Å². The van der Waals surface area contributed by atoms with E-state index in [2.05, 4.69) is 15.3 Å². The number of benzene rings is 1. The van der Waals surface area contributed by atoms with Crippen molar-refractivity contribution in [2.24, 2.45) is 0 Å². The summed E-state index contributed by atoms with van der Waals surface area (Å²) >= 11 is 0. The molecule has 1 fully saturated rings. The minimum absolute atomic E-state index is 0.0104. The van der Waals surface area contributed by atoms with Crippen molar-refractivity contribution in [1.82, 2.24) is 9.97 Å². The first kappa shape index (κ1) is 16.0. The number of aliphatic hydroxyl groups excluding tert-OH is 1. The second kappa shape index (κ2) is 8.11. The molecule has 0 bridgehead atoms. The van der Waals surface area contributed by atoms with Gasteiger partial charge >= 0.3 is 0 Å². The zero-order valence-corrected chi connectivity index (χ0v) is 13.5. The Balaban J connectivity index is 1.80. The summed E-state index contributed by atoms with van der Waals surface area (Å²) in [4.78, 5) is 8.78. The molecule has 2 aromatic rings. The highest BCUT2D eigenvalue weighted by Gasteiger charge is 2.14. The summed E-state index contributed by atoms with van der Waals surface area (Å²) < 4.78 is 5.51. The van der Waals surface area contributed by atoms with Crippen LogP contribution in [-0.4, -0.2) is 34.3 Å². The molecule has 0 saturated heterocycles. The van der Waals surface area contributed by atoms with Crippen LogP contribution in [0.2, 0.25) is 0 Å². The SMILES string of the molecule is OCCOc1ccc2ncnc(NC3CCCCCCC3)c2c1. The summed E-state index contributed by atoms with van der Waals surface area (Å²) in [5.74, 6) is 1.62. The van der Waals surface area contributed by atoms with E-state index >= 15 is 0 Å². The third-order valence-corrected chi connectivity index (χ3v) is 4.41. The molecule has 0 amide bonds. The Bertz CT molecular complexity index is 625. The maximum atomic E-state index is 8.90. The number of nitrogens with zero attached hydrogens (tertiary/aromatic N) is 2. The Hall–Kier alpha value is -1.88. The van der Waals surface area contributed by atoms with Gasteiger partial charge in [-0.05, 0) is 31.0 Å². The molecular formula is C18H25N3O2. The monoisotopic (exact) mass is 315 g/mol. The molecule has 0 unspecified atom stereocenters. The largest absolute Gasteiger partial charge is 0.491 e. The van der Waals surface area contributed by atoms with Crippen molar-refractivity contribution < 1.29 is 9.84 Å². The summed E-state index contributed by atoms with van der Waals surface area (Å²) in [5.41, 5.74) is 0.907. The van der Waals surface area contributed by atoms with E-state index in [0.29, 0.717) is 12.6 Å². The van der Waals surface area contributed by atoms with Gasteiger partial charge in [0.1, 0.15) is 24.5 Å². The van der Waals surface area contributed by atoms with E-state index in [1.807, 2.05) is 18.2 Å². The van der Waals surface area contributed by atoms with Gasteiger partial charge < -0.3 is 15.2 Å². The topological polar surface area (TPSA) is 67.3 Å². The van der Waals surface area contributed by atoms with Crippen LogP contribution in [0.1, 0.15) is 44.9 Å². The van der Waals surface area contributed by atoms with Crippen molar-refractivity contribution in [3.63, 3.8) is 0 Å². The van der Waals surface area contributed by atoms with Gasteiger partial charge in [-0.1, -0.05) is 32.1 Å². The number of aliphatic hydroxyl groups is 1. The van der Waals surface area contributed by atoms with Crippen LogP contribution in [0, 0.1) is 0 Å². The van der Waals surface area contributed by atoms with Crippen LogP contribution >= 0.6 is 0 Å². The molecule has 0 atom stereocenters. The molecule has 1 aromatic heterocycles. The molecule has 1 aliphatic rings. The molecule has 1 aromatic carbocycles. The maximum absolute atomic E-state index is 8.90. The normalized spacial score (nSPS) is 16.7. The van der Waals surface area contributed by atoms with Gasteiger partial charge in [0.05, 0.1) is 12.1 Å². The quantitative estimate of drug-likeness (QED) is 0.883. The van der Waals surface area contributed by atoms with Crippen molar-refractivity contribution >= 4 is 16.7 Å². The summed E-state index contributed by atoms with van der Waals surface area (Å²) in [5, 5.41) is 13.5. The average Bonchev–Trinajstić information content (AvgIpc) is 2.55. The molecule has 0 radical (unpaired) electrons. The zero-order valence-electron chi connectivity index (χ0n) is 13.5. The highest BCUT2D eigenvalue weighted by atomic mass is 16.5. The number of rotatable bonds is 5. The first-order valence-electron chi connectivity index (χ1n) is 8.62. The van der Waals surface area contributed by atoms with Crippen LogP contribution in [-0.2, 0) is 0 Å². The molecular weight excluding hydrogens is 290 g/mol. The maximum Gasteiger partial charge on any atom is 0.137 e. The van der Waals surface area contributed by atoms with E-state index in [4.69, 9.17) is 9.84 Å². The highest BCUT2D eigenvalue weighted by Crippen LogP contribution is 2.27. The molecule has 1 saturated carbocycles. The summed E-state index contributed by atoms with van der Waals surface area (Å²) in [7, 11) is 0. The van der Waals surface area contributed by atoms with Gasteiger partial charge in [-0.2, -0.15) is 0 Å². The summed E-state index contributed by atoms with van der Waals surface area (Å²) in [6.07, 6.45) is 10.6. The van der Waals surface area contributed by atoms with Gasteiger partial charge in [0.15, 0.2) is 0 Å². The van der Waals surface area contributed by atoms with E-state index in [1.165, 1.54) is 44.9 Å². The number of fused-ring (bicyclic) bond motifs is 1. The fourth-order valence-corrected chi connectivity index (χ4v) is 3.20. The van der Waals surface area contributed by atoms with E-state index in [1.54, 1.807) is 6.33 Å². The van der Waals surface area contributed by atoms with Crippen molar-refractivity contribution in [2.75, 3.05) is 18.5 Å². The van der Waals surface area contributed by atoms with Crippen LogP contribution in [0.3, 0.4) is 0 Å². The third-order valence-electron chi connectivity index (χ3n) is 4.41. The Morgan fingerprint density at radius 1 is 1.09 bits per heavy atom. The Labute approximate surface area is 137 Å².